The summed E-state index contributed by atoms with van der Waals surface area (Å²) in [5, 5.41) is 0. The topological polar surface area (TPSA) is 89.5 Å². The van der Waals surface area contributed by atoms with Gasteiger partial charge in [0.25, 0.3) is 0 Å². The van der Waals surface area contributed by atoms with Gasteiger partial charge in [0.05, 0.1) is 13.2 Å². The first-order valence-corrected chi connectivity index (χ1v) is 20.5. The summed E-state index contributed by atoms with van der Waals surface area (Å²) in [4.78, 5) is 21.9. The Morgan fingerprint density at radius 1 is 0.636 bits per heavy atom. The van der Waals surface area contributed by atoms with Gasteiger partial charge in [-0.1, -0.05) is 13.2 Å². The lowest BCUT2D eigenvalue weighted by Crippen LogP contribution is -2.52. The molecule has 0 aromatic carbocycles. The second-order valence-electron chi connectivity index (χ2n) is 9.30. The Morgan fingerprint density at radius 2 is 1.00 bits per heavy atom. The van der Waals surface area contributed by atoms with Crippen molar-refractivity contribution in [3.63, 3.8) is 0 Å². The number of rotatable bonds is 20. The highest BCUT2D eigenvalue weighted by Crippen LogP contribution is 2.26. The summed E-state index contributed by atoms with van der Waals surface area (Å²) in [6, 6.07) is 1.96. The van der Waals surface area contributed by atoms with E-state index < -0.39 is 37.1 Å². The van der Waals surface area contributed by atoms with Crippen LogP contribution in [0.25, 0.3) is 0 Å². The van der Waals surface area contributed by atoms with Crippen LogP contribution in [0.4, 0.5) is 0 Å². The predicted molar refractivity (Wildman–Crippen MR) is 137 cm³/mol. The van der Waals surface area contributed by atoms with Crippen molar-refractivity contribution in [1.29, 1.82) is 0 Å². The summed E-state index contributed by atoms with van der Waals surface area (Å²) in [7, 11) is -6.04. The van der Waals surface area contributed by atoms with Crippen molar-refractivity contribution in [3.8, 4) is 0 Å². The number of carbonyl (C=O) groups is 2. The molecule has 0 aliphatic heterocycles. The highest BCUT2D eigenvalue weighted by molar-refractivity contribution is 6.87. The van der Waals surface area contributed by atoms with E-state index in [1.807, 2.05) is 0 Å². The summed E-state index contributed by atoms with van der Waals surface area (Å²) in [6.45, 7) is 22.3. The normalized spacial score (nSPS) is 12.3. The van der Waals surface area contributed by atoms with E-state index in [9.17, 15) is 9.59 Å². The molecule has 0 heterocycles. The summed E-state index contributed by atoms with van der Waals surface area (Å²) in [5.41, 5.74) is 0. The predicted octanol–water partition coefficient (Wildman–Crippen LogP) is 4.40. The Labute approximate surface area is 203 Å². The first-order valence-electron chi connectivity index (χ1n) is 11.5. The average molecular weight is 521 g/mol. The van der Waals surface area contributed by atoms with E-state index in [-0.39, 0.29) is 13.2 Å². The molecule has 0 amide bonds. The SMILES string of the molecule is C=CC(=O)OCCOCCC[Si](C)(C)O[Si](C)(C)O[Si](C)(C)CCCOCCOC(=O)C=C. The van der Waals surface area contributed by atoms with Crippen LogP contribution < -0.4 is 0 Å². The van der Waals surface area contributed by atoms with Gasteiger partial charge in [-0.05, 0) is 64.2 Å². The Hall–Kier alpha value is -1.09. The molecule has 0 aromatic rings. The van der Waals surface area contributed by atoms with E-state index in [0.29, 0.717) is 26.4 Å². The van der Waals surface area contributed by atoms with E-state index >= 15 is 0 Å². The standard InChI is InChI=1S/C22H44O8Si3/c1-9-21(23)27-17-15-25-13-11-19-31(3,4)29-33(7,8)30-32(5,6)20-12-14-26-16-18-28-22(24)10-2/h9-10H,1-2,11-20H2,3-8H3. The van der Waals surface area contributed by atoms with Crippen molar-refractivity contribution >= 4 is 37.1 Å². The third-order valence-electron chi connectivity index (χ3n) is 4.46. The molecular weight excluding hydrogens is 476 g/mol. The molecule has 0 aromatic heterocycles. The van der Waals surface area contributed by atoms with Gasteiger partial charge in [-0.15, -0.1) is 0 Å². The van der Waals surface area contributed by atoms with E-state index in [2.05, 4.69) is 52.4 Å². The lowest BCUT2D eigenvalue weighted by Gasteiger charge is -2.38. The zero-order valence-electron chi connectivity index (χ0n) is 21.4. The molecule has 0 fully saturated rings. The zero-order chi connectivity index (χ0) is 25.4. The second kappa shape index (κ2) is 16.5. The highest BCUT2D eigenvalue weighted by atomic mass is 28.5. The highest BCUT2D eigenvalue weighted by Gasteiger charge is 2.39. The van der Waals surface area contributed by atoms with Crippen LogP contribution in [0.5, 0.6) is 0 Å². The summed E-state index contributed by atoms with van der Waals surface area (Å²) in [6.07, 6.45) is 4.09. The minimum atomic E-state index is -2.26. The maximum atomic E-state index is 11.0. The number of carbonyl (C=O) groups excluding carboxylic acids is 2. The number of hydrogen-bond acceptors (Lipinski definition) is 8. The van der Waals surface area contributed by atoms with Crippen LogP contribution in [0.1, 0.15) is 12.8 Å². The molecule has 0 aliphatic carbocycles. The van der Waals surface area contributed by atoms with Crippen LogP contribution in [0.15, 0.2) is 25.3 Å². The minimum absolute atomic E-state index is 0.240. The molecule has 0 aliphatic rings. The fourth-order valence-electron chi connectivity index (χ4n) is 3.38. The fraction of sp³-hybridized carbons (Fsp3) is 0.727. The number of esters is 2. The van der Waals surface area contributed by atoms with Gasteiger partial charge < -0.3 is 27.2 Å². The van der Waals surface area contributed by atoms with Gasteiger partial charge >= 0.3 is 20.5 Å². The summed E-state index contributed by atoms with van der Waals surface area (Å²) >= 11 is 0. The maximum absolute atomic E-state index is 11.0. The molecule has 8 nitrogen and oxygen atoms in total. The maximum Gasteiger partial charge on any atom is 0.330 e. The Kier molecular flexibility index (Phi) is 16.0. The molecule has 0 N–H and O–H groups in total. The molecule has 0 saturated carbocycles. The van der Waals surface area contributed by atoms with Crippen molar-refractivity contribution in [2.24, 2.45) is 0 Å². The smallest absolute Gasteiger partial charge is 0.330 e. The van der Waals surface area contributed by atoms with E-state index in [1.165, 1.54) is 0 Å². The Bertz CT molecular complexity index is 558. The van der Waals surface area contributed by atoms with Crippen molar-refractivity contribution in [2.45, 2.75) is 64.2 Å². The number of ether oxygens (including phenoxy) is 4. The largest absolute Gasteiger partial charge is 0.460 e. The van der Waals surface area contributed by atoms with Crippen LogP contribution in [0.2, 0.25) is 51.4 Å². The van der Waals surface area contributed by atoms with Gasteiger partial charge in [0, 0.05) is 25.4 Å². The lowest BCUT2D eigenvalue weighted by molar-refractivity contribution is -0.140. The van der Waals surface area contributed by atoms with Crippen LogP contribution in [0.3, 0.4) is 0 Å². The average Bonchev–Trinajstić information content (AvgIpc) is 2.69. The molecule has 192 valence electrons. The third-order valence-corrected chi connectivity index (χ3v) is 15.9. The van der Waals surface area contributed by atoms with Gasteiger partial charge in [0.1, 0.15) is 13.2 Å². The minimum Gasteiger partial charge on any atom is -0.460 e. The van der Waals surface area contributed by atoms with Crippen molar-refractivity contribution in [2.75, 3.05) is 39.6 Å². The van der Waals surface area contributed by atoms with E-state index in [0.717, 1.165) is 37.1 Å². The first-order chi connectivity index (χ1) is 15.3. The molecule has 0 bridgehead atoms. The van der Waals surface area contributed by atoms with Gasteiger partial charge in [-0.2, -0.15) is 0 Å². The molecule has 0 rings (SSSR count). The van der Waals surface area contributed by atoms with Crippen LogP contribution in [-0.2, 0) is 36.8 Å². The number of hydrogen-bond donors (Lipinski definition) is 0. The van der Waals surface area contributed by atoms with Crippen molar-refractivity contribution < 1.29 is 36.8 Å². The molecule has 11 heteroatoms. The molecule has 0 spiro atoms. The van der Waals surface area contributed by atoms with Gasteiger partial charge in [0.2, 0.25) is 0 Å². The molecule has 0 unspecified atom stereocenters. The van der Waals surface area contributed by atoms with E-state index in [1.54, 1.807) is 0 Å². The lowest BCUT2D eigenvalue weighted by atomic mass is 10.5. The third kappa shape index (κ3) is 19.0. The van der Waals surface area contributed by atoms with E-state index in [4.69, 9.17) is 27.2 Å². The van der Waals surface area contributed by atoms with Gasteiger partial charge in [-0.25, -0.2) is 9.59 Å². The van der Waals surface area contributed by atoms with Crippen molar-refractivity contribution in [1.82, 2.24) is 0 Å². The molecular formula is C22H44O8Si3. The van der Waals surface area contributed by atoms with Gasteiger partial charge in [0.15, 0.2) is 16.6 Å². The van der Waals surface area contributed by atoms with Crippen molar-refractivity contribution in [3.05, 3.63) is 25.3 Å². The second-order valence-corrected chi connectivity index (χ2v) is 21.8. The van der Waals surface area contributed by atoms with Crippen LogP contribution in [0, 0.1) is 0 Å². The summed E-state index contributed by atoms with van der Waals surface area (Å²) in [5.74, 6) is -0.864. The van der Waals surface area contributed by atoms with Gasteiger partial charge in [-0.3, -0.25) is 0 Å². The quantitative estimate of drug-likeness (QED) is 0.101. The zero-order valence-corrected chi connectivity index (χ0v) is 24.4. The molecule has 0 atom stereocenters. The molecule has 0 radical (unpaired) electrons. The fourth-order valence-corrected chi connectivity index (χ4v) is 17.4. The first kappa shape index (κ1) is 31.9. The van der Waals surface area contributed by atoms with Crippen LogP contribution >= 0.6 is 0 Å². The Morgan fingerprint density at radius 3 is 1.33 bits per heavy atom. The monoisotopic (exact) mass is 520 g/mol. The molecule has 33 heavy (non-hydrogen) atoms. The Balaban J connectivity index is 4.13. The molecule has 0 saturated heterocycles. The summed E-state index contributed by atoms with van der Waals surface area (Å²) < 4.78 is 34.0. The van der Waals surface area contributed by atoms with Crippen LogP contribution in [-0.4, -0.2) is 76.8 Å².